The lowest BCUT2D eigenvalue weighted by Gasteiger charge is -2.22. The van der Waals surface area contributed by atoms with Gasteiger partial charge in [-0.15, -0.1) is 24.0 Å². The van der Waals surface area contributed by atoms with Gasteiger partial charge >= 0.3 is 0 Å². The maximum absolute atomic E-state index is 4.72. The van der Waals surface area contributed by atoms with Gasteiger partial charge in [0.2, 0.25) is 0 Å². The first-order chi connectivity index (χ1) is 11.6. The molecule has 0 fully saturated rings. The molecule has 0 unspecified atom stereocenters. The highest BCUT2D eigenvalue weighted by Gasteiger charge is 2.09. The van der Waals surface area contributed by atoms with Crippen LogP contribution in [-0.2, 0) is 6.54 Å². The Bertz CT molecular complexity index is 699. The molecular formula is C19H30IN5. The Balaban J connectivity index is 0.00000312. The first-order valence-corrected chi connectivity index (χ1v) is 8.54. The Morgan fingerprint density at radius 1 is 1.20 bits per heavy atom. The van der Waals surface area contributed by atoms with Gasteiger partial charge < -0.3 is 15.1 Å². The summed E-state index contributed by atoms with van der Waals surface area (Å²) in [5, 5.41) is 4.66. The maximum Gasteiger partial charge on any atom is 0.193 e. The van der Waals surface area contributed by atoms with Crippen molar-refractivity contribution >= 4 is 46.7 Å². The summed E-state index contributed by atoms with van der Waals surface area (Å²) in [7, 11) is 7.96. The van der Waals surface area contributed by atoms with E-state index in [1.54, 1.807) is 0 Å². The molecule has 2 aromatic rings. The molecule has 0 amide bonds. The molecule has 2 rings (SSSR count). The Kier molecular flexibility index (Phi) is 8.96. The van der Waals surface area contributed by atoms with E-state index in [0.717, 1.165) is 30.4 Å². The van der Waals surface area contributed by atoms with Crippen molar-refractivity contribution < 1.29 is 0 Å². The zero-order chi connectivity index (χ0) is 17.5. The van der Waals surface area contributed by atoms with Crippen LogP contribution in [0.4, 0.5) is 5.82 Å². The predicted octanol–water partition coefficient (Wildman–Crippen LogP) is 3.73. The van der Waals surface area contributed by atoms with Crippen LogP contribution < -0.4 is 10.2 Å². The molecule has 1 aromatic carbocycles. The Hall–Kier alpha value is -1.57. The third-order valence-electron chi connectivity index (χ3n) is 4.10. The topological polar surface area (TPSA) is 43.8 Å². The summed E-state index contributed by atoms with van der Waals surface area (Å²) in [5.74, 6) is 1.90. The van der Waals surface area contributed by atoms with Gasteiger partial charge in [0.05, 0.1) is 5.52 Å². The van der Waals surface area contributed by atoms with Gasteiger partial charge in [-0.2, -0.15) is 0 Å². The van der Waals surface area contributed by atoms with Gasteiger partial charge in [-0.25, -0.2) is 4.98 Å². The smallest absolute Gasteiger partial charge is 0.193 e. The standard InChI is InChI=1S/C19H29N5.HI/c1-6-7-12-24(5)19(20-2)21-14-15-13-18(23(3)4)22-17-11-9-8-10-16(15)17;/h8-11,13H,6-7,12,14H2,1-5H3,(H,20,21);1H. The van der Waals surface area contributed by atoms with Crippen LogP contribution in [0.2, 0.25) is 0 Å². The first kappa shape index (κ1) is 21.5. The van der Waals surface area contributed by atoms with Crippen molar-refractivity contribution in [1.82, 2.24) is 15.2 Å². The second-order valence-electron chi connectivity index (χ2n) is 6.23. The Morgan fingerprint density at radius 3 is 2.56 bits per heavy atom. The lowest BCUT2D eigenvalue weighted by molar-refractivity contribution is 0.465. The summed E-state index contributed by atoms with van der Waals surface area (Å²) < 4.78 is 0. The number of hydrogen-bond donors (Lipinski definition) is 1. The van der Waals surface area contributed by atoms with Crippen molar-refractivity contribution in [1.29, 1.82) is 0 Å². The molecule has 25 heavy (non-hydrogen) atoms. The molecule has 5 nitrogen and oxygen atoms in total. The zero-order valence-electron chi connectivity index (χ0n) is 15.9. The molecule has 1 aromatic heterocycles. The molecule has 0 spiro atoms. The van der Waals surface area contributed by atoms with E-state index < -0.39 is 0 Å². The zero-order valence-corrected chi connectivity index (χ0v) is 18.2. The molecule has 0 saturated heterocycles. The summed E-state index contributed by atoms with van der Waals surface area (Å²) in [6, 6.07) is 10.4. The van der Waals surface area contributed by atoms with E-state index >= 15 is 0 Å². The van der Waals surface area contributed by atoms with E-state index in [2.05, 4.69) is 53.4 Å². The summed E-state index contributed by atoms with van der Waals surface area (Å²) in [5.41, 5.74) is 2.25. The largest absolute Gasteiger partial charge is 0.363 e. The number of hydrogen-bond acceptors (Lipinski definition) is 3. The van der Waals surface area contributed by atoms with Crippen molar-refractivity contribution in [3.05, 3.63) is 35.9 Å². The van der Waals surface area contributed by atoms with Crippen LogP contribution in [0.15, 0.2) is 35.3 Å². The number of rotatable bonds is 6. The molecule has 0 aliphatic carbocycles. The van der Waals surface area contributed by atoms with E-state index in [0.29, 0.717) is 0 Å². The average molecular weight is 455 g/mol. The highest BCUT2D eigenvalue weighted by atomic mass is 127. The fraction of sp³-hybridized carbons (Fsp3) is 0.474. The average Bonchev–Trinajstić information content (AvgIpc) is 2.59. The van der Waals surface area contributed by atoms with E-state index in [-0.39, 0.29) is 24.0 Å². The quantitative estimate of drug-likeness (QED) is 0.410. The van der Waals surface area contributed by atoms with Gasteiger partial charge in [-0.05, 0) is 24.1 Å². The second-order valence-corrected chi connectivity index (χ2v) is 6.23. The third-order valence-corrected chi connectivity index (χ3v) is 4.10. The summed E-state index contributed by atoms with van der Waals surface area (Å²) in [4.78, 5) is 13.3. The Morgan fingerprint density at radius 2 is 1.92 bits per heavy atom. The van der Waals surface area contributed by atoms with Crippen molar-refractivity contribution in [2.45, 2.75) is 26.3 Å². The van der Waals surface area contributed by atoms with Crippen molar-refractivity contribution in [3.8, 4) is 0 Å². The highest BCUT2D eigenvalue weighted by Crippen LogP contribution is 2.22. The van der Waals surface area contributed by atoms with Crippen molar-refractivity contribution in [2.75, 3.05) is 39.6 Å². The number of fused-ring (bicyclic) bond motifs is 1. The minimum atomic E-state index is 0. The molecule has 0 saturated carbocycles. The number of unbranched alkanes of at least 4 members (excludes halogenated alkanes) is 1. The summed E-state index contributed by atoms with van der Waals surface area (Å²) in [6.07, 6.45) is 2.35. The number of para-hydroxylation sites is 1. The van der Waals surface area contributed by atoms with Crippen LogP contribution in [0, 0.1) is 0 Å². The SMILES string of the molecule is CCCCN(C)C(=NC)NCc1cc(N(C)C)nc2ccccc12.I. The molecule has 0 bridgehead atoms. The first-order valence-electron chi connectivity index (χ1n) is 8.54. The van der Waals surface area contributed by atoms with Gasteiger partial charge in [-0.3, -0.25) is 4.99 Å². The van der Waals surface area contributed by atoms with Crippen LogP contribution >= 0.6 is 24.0 Å². The number of anilines is 1. The fourth-order valence-corrected chi connectivity index (χ4v) is 2.67. The minimum absolute atomic E-state index is 0. The molecule has 1 N–H and O–H groups in total. The van der Waals surface area contributed by atoms with Crippen LogP contribution in [0.3, 0.4) is 0 Å². The summed E-state index contributed by atoms with van der Waals surface area (Å²) in [6.45, 7) is 3.94. The number of pyridine rings is 1. The molecule has 0 radical (unpaired) electrons. The summed E-state index contributed by atoms with van der Waals surface area (Å²) >= 11 is 0. The number of nitrogens with zero attached hydrogens (tertiary/aromatic N) is 4. The van der Waals surface area contributed by atoms with Crippen LogP contribution in [0.25, 0.3) is 10.9 Å². The molecule has 1 heterocycles. The predicted molar refractivity (Wildman–Crippen MR) is 119 cm³/mol. The number of guanidine groups is 1. The minimum Gasteiger partial charge on any atom is -0.363 e. The van der Waals surface area contributed by atoms with E-state index in [4.69, 9.17) is 4.98 Å². The van der Waals surface area contributed by atoms with Crippen molar-refractivity contribution in [3.63, 3.8) is 0 Å². The molecule has 0 aliphatic heterocycles. The number of nitrogens with one attached hydrogen (secondary N) is 1. The fourth-order valence-electron chi connectivity index (χ4n) is 2.67. The van der Waals surface area contributed by atoms with E-state index in [1.165, 1.54) is 23.8 Å². The molecular weight excluding hydrogens is 425 g/mol. The van der Waals surface area contributed by atoms with Gasteiger partial charge in [0.25, 0.3) is 0 Å². The maximum atomic E-state index is 4.72. The monoisotopic (exact) mass is 455 g/mol. The molecule has 0 atom stereocenters. The van der Waals surface area contributed by atoms with Gasteiger partial charge in [0.15, 0.2) is 5.96 Å². The van der Waals surface area contributed by atoms with Crippen molar-refractivity contribution in [2.24, 2.45) is 4.99 Å². The van der Waals surface area contributed by atoms with Crippen LogP contribution in [0.1, 0.15) is 25.3 Å². The molecule has 138 valence electrons. The van der Waals surface area contributed by atoms with E-state index in [1.807, 2.05) is 32.1 Å². The van der Waals surface area contributed by atoms with Gasteiger partial charge in [-0.1, -0.05) is 31.5 Å². The second kappa shape index (κ2) is 10.4. The number of halogens is 1. The van der Waals surface area contributed by atoms with E-state index in [9.17, 15) is 0 Å². The lowest BCUT2D eigenvalue weighted by Crippen LogP contribution is -2.39. The highest BCUT2D eigenvalue weighted by molar-refractivity contribution is 14.0. The number of aromatic nitrogens is 1. The van der Waals surface area contributed by atoms with Crippen LogP contribution in [-0.4, -0.2) is 50.6 Å². The lowest BCUT2D eigenvalue weighted by atomic mass is 10.1. The number of aliphatic imine (C=N–C) groups is 1. The normalized spacial score (nSPS) is 11.2. The Labute approximate surface area is 168 Å². The third kappa shape index (κ3) is 5.73. The van der Waals surface area contributed by atoms with Gasteiger partial charge in [0, 0.05) is 46.7 Å². The van der Waals surface area contributed by atoms with Gasteiger partial charge in [0.1, 0.15) is 5.82 Å². The number of benzene rings is 1. The molecule has 6 heteroatoms. The van der Waals surface area contributed by atoms with Crippen LogP contribution in [0.5, 0.6) is 0 Å². The molecule has 0 aliphatic rings.